The van der Waals surface area contributed by atoms with Crippen LogP contribution in [-0.4, -0.2) is 42.2 Å². The molecular weight excluding hydrogens is 346 g/mol. The van der Waals surface area contributed by atoms with Gasteiger partial charge in [-0.05, 0) is 30.3 Å². The lowest BCUT2D eigenvalue weighted by atomic mass is 10.1. The minimum absolute atomic E-state index is 0.0660. The zero-order chi connectivity index (χ0) is 19.2. The molecule has 0 unspecified atom stereocenters. The Morgan fingerprint density at radius 2 is 1.81 bits per heavy atom. The molecule has 1 amide bonds. The van der Waals surface area contributed by atoms with Gasteiger partial charge in [-0.15, -0.1) is 0 Å². The van der Waals surface area contributed by atoms with E-state index in [-0.39, 0.29) is 18.9 Å². The fourth-order valence-electron chi connectivity index (χ4n) is 2.61. The summed E-state index contributed by atoms with van der Waals surface area (Å²) in [6.45, 7) is 0.233. The molecule has 2 aromatic carbocycles. The minimum atomic E-state index is -0.0660. The first-order valence-corrected chi connectivity index (χ1v) is 8.43. The number of aromatic nitrogens is 2. The van der Waals surface area contributed by atoms with E-state index >= 15 is 0 Å². The Hall–Kier alpha value is -3.35. The van der Waals surface area contributed by atoms with E-state index in [2.05, 4.69) is 10.1 Å². The van der Waals surface area contributed by atoms with Crippen LogP contribution in [0, 0.1) is 0 Å². The first kappa shape index (κ1) is 18.4. The van der Waals surface area contributed by atoms with Gasteiger partial charge >= 0.3 is 0 Å². The number of ether oxygens (including phenoxy) is 2. The second-order valence-corrected chi connectivity index (χ2v) is 5.98. The summed E-state index contributed by atoms with van der Waals surface area (Å²) >= 11 is 0. The third-order valence-corrected chi connectivity index (χ3v) is 4.15. The molecule has 0 atom stereocenters. The van der Waals surface area contributed by atoms with Crippen LogP contribution in [0.4, 0.5) is 0 Å². The molecule has 0 bridgehead atoms. The van der Waals surface area contributed by atoms with Crippen molar-refractivity contribution in [2.75, 3.05) is 21.3 Å². The maximum absolute atomic E-state index is 12.5. The molecule has 0 N–H and O–H groups in total. The lowest BCUT2D eigenvalue weighted by Crippen LogP contribution is -2.28. The number of methoxy groups -OCH3 is 2. The summed E-state index contributed by atoms with van der Waals surface area (Å²) < 4.78 is 15.7. The van der Waals surface area contributed by atoms with E-state index < -0.39 is 0 Å². The Morgan fingerprint density at radius 3 is 2.52 bits per heavy atom. The highest BCUT2D eigenvalue weighted by atomic mass is 16.5. The van der Waals surface area contributed by atoms with Crippen LogP contribution < -0.4 is 9.47 Å². The Labute approximate surface area is 157 Å². The first-order valence-electron chi connectivity index (χ1n) is 8.43. The van der Waals surface area contributed by atoms with Crippen LogP contribution in [0.25, 0.3) is 11.4 Å². The Bertz CT molecular complexity index is 906. The standard InChI is InChI=1S/C20H21N3O4/c1-23(19(24)12-15-6-4-5-7-17(15)26-3)13-18-21-20(22-27-18)14-8-10-16(25-2)11-9-14/h4-11H,12-13H2,1-3H3. The summed E-state index contributed by atoms with van der Waals surface area (Å²) in [6, 6.07) is 14.8. The molecule has 0 radical (unpaired) electrons. The molecule has 3 rings (SSSR count). The zero-order valence-electron chi connectivity index (χ0n) is 15.5. The molecule has 0 aliphatic rings. The van der Waals surface area contributed by atoms with Gasteiger partial charge in [0.05, 0.1) is 27.2 Å². The van der Waals surface area contributed by atoms with Crippen molar-refractivity contribution in [2.45, 2.75) is 13.0 Å². The molecule has 7 nitrogen and oxygen atoms in total. The minimum Gasteiger partial charge on any atom is -0.497 e. The number of nitrogens with zero attached hydrogens (tertiary/aromatic N) is 3. The van der Waals surface area contributed by atoms with Gasteiger partial charge in [-0.1, -0.05) is 23.4 Å². The van der Waals surface area contributed by atoms with Crippen molar-refractivity contribution in [3.8, 4) is 22.9 Å². The van der Waals surface area contributed by atoms with Crippen molar-refractivity contribution in [3.05, 3.63) is 60.0 Å². The highest BCUT2D eigenvalue weighted by Crippen LogP contribution is 2.21. The quantitative estimate of drug-likeness (QED) is 0.639. The molecule has 1 aromatic heterocycles. The highest BCUT2D eigenvalue weighted by Gasteiger charge is 2.16. The van der Waals surface area contributed by atoms with Gasteiger partial charge in [0.15, 0.2) is 0 Å². The van der Waals surface area contributed by atoms with Crippen molar-refractivity contribution in [3.63, 3.8) is 0 Å². The van der Waals surface area contributed by atoms with Gasteiger partial charge < -0.3 is 18.9 Å². The van der Waals surface area contributed by atoms with E-state index in [0.717, 1.165) is 16.9 Å². The molecule has 1 heterocycles. The summed E-state index contributed by atoms with van der Waals surface area (Å²) in [6.07, 6.45) is 0.236. The van der Waals surface area contributed by atoms with Gasteiger partial charge in [0.1, 0.15) is 11.5 Å². The zero-order valence-corrected chi connectivity index (χ0v) is 15.5. The molecule has 3 aromatic rings. The monoisotopic (exact) mass is 367 g/mol. The fourth-order valence-corrected chi connectivity index (χ4v) is 2.61. The second kappa shape index (κ2) is 8.35. The summed E-state index contributed by atoms with van der Waals surface area (Å²) in [4.78, 5) is 18.4. The number of benzene rings is 2. The SMILES string of the molecule is COc1ccc(-c2noc(CN(C)C(=O)Cc3ccccc3OC)n2)cc1. The summed E-state index contributed by atoms with van der Waals surface area (Å²) in [5.41, 5.74) is 1.65. The van der Waals surface area contributed by atoms with Gasteiger partial charge in [-0.2, -0.15) is 4.98 Å². The van der Waals surface area contributed by atoms with Crippen molar-refractivity contribution in [1.29, 1.82) is 0 Å². The van der Waals surface area contributed by atoms with Crippen LogP contribution in [0.3, 0.4) is 0 Å². The molecule has 0 aliphatic heterocycles. The van der Waals surface area contributed by atoms with E-state index in [9.17, 15) is 4.79 Å². The normalized spacial score (nSPS) is 10.5. The number of hydrogen-bond donors (Lipinski definition) is 0. The summed E-state index contributed by atoms with van der Waals surface area (Å²) in [5.74, 6) is 2.22. The van der Waals surface area contributed by atoms with E-state index in [0.29, 0.717) is 17.5 Å². The topological polar surface area (TPSA) is 77.7 Å². The van der Waals surface area contributed by atoms with Gasteiger partial charge in [0, 0.05) is 18.2 Å². The number of likely N-dealkylation sites (N-methyl/N-ethyl adjacent to an activating group) is 1. The maximum Gasteiger partial charge on any atom is 0.246 e. The van der Waals surface area contributed by atoms with E-state index in [1.54, 1.807) is 26.2 Å². The van der Waals surface area contributed by atoms with E-state index in [1.165, 1.54) is 0 Å². The number of carbonyl (C=O) groups is 1. The molecule has 7 heteroatoms. The van der Waals surface area contributed by atoms with Crippen molar-refractivity contribution >= 4 is 5.91 Å². The number of hydrogen-bond acceptors (Lipinski definition) is 6. The largest absolute Gasteiger partial charge is 0.497 e. The predicted octanol–water partition coefficient (Wildman–Crippen LogP) is 2.95. The molecule has 0 spiro atoms. The van der Waals surface area contributed by atoms with Gasteiger partial charge in [-0.3, -0.25) is 4.79 Å². The van der Waals surface area contributed by atoms with E-state index in [1.807, 2.05) is 48.5 Å². The smallest absolute Gasteiger partial charge is 0.246 e. The van der Waals surface area contributed by atoms with Gasteiger partial charge in [0.25, 0.3) is 0 Å². The van der Waals surface area contributed by atoms with E-state index in [4.69, 9.17) is 14.0 Å². The third kappa shape index (κ3) is 4.44. The van der Waals surface area contributed by atoms with Crippen LogP contribution in [0.5, 0.6) is 11.5 Å². The number of rotatable bonds is 7. The predicted molar refractivity (Wildman–Crippen MR) is 99.5 cm³/mol. The highest BCUT2D eigenvalue weighted by molar-refractivity contribution is 5.79. The van der Waals surface area contributed by atoms with Crippen molar-refractivity contribution in [1.82, 2.24) is 15.0 Å². The maximum atomic E-state index is 12.5. The molecule has 0 saturated carbocycles. The van der Waals surface area contributed by atoms with Crippen LogP contribution in [0.15, 0.2) is 53.1 Å². The Morgan fingerprint density at radius 1 is 1.07 bits per heavy atom. The number of carbonyl (C=O) groups excluding carboxylic acids is 1. The van der Waals surface area contributed by atoms with Gasteiger partial charge in [0.2, 0.25) is 17.6 Å². The summed E-state index contributed by atoms with van der Waals surface area (Å²) in [5, 5.41) is 3.98. The molecular formula is C20H21N3O4. The van der Waals surface area contributed by atoms with Crippen molar-refractivity contribution in [2.24, 2.45) is 0 Å². The molecule has 0 saturated heterocycles. The van der Waals surface area contributed by atoms with Gasteiger partial charge in [-0.25, -0.2) is 0 Å². The van der Waals surface area contributed by atoms with Crippen LogP contribution in [0.2, 0.25) is 0 Å². The Kier molecular flexibility index (Phi) is 5.71. The fraction of sp³-hybridized carbons (Fsp3) is 0.250. The van der Waals surface area contributed by atoms with Crippen LogP contribution in [-0.2, 0) is 17.8 Å². The second-order valence-electron chi connectivity index (χ2n) is 5.98. The average molecular weight is 367 g/mol. The third-order valence-electron chi connectivity index (χ3n) is 4.15. The molecule has 0 fully saturated rings. The molecule has 0 aliphatic carbocycles. The lowest BCUT2D eigenvalue weighted by Gasteiger charge is -2.15. The summed E-state index contributed by atoms with van der Waals surface area (Å²) in [7, 11) is 4.90. The molecule has 140 valence electrons. The van der Waals surface area contributed by atoms with Crippen LogP contribution in [0.1, 0.15) is 11.5 Å². The van der Waals surface area contributed by atoms with Crippen molar-refractivity contribution < 1.29 is 18.8 Å². The molecule has 27 heavy (non-hydrogen) atoms. The lowest BCUT2D eigenvalue weighted by molar-refractivity contribution is -0.130. The first-order chi connectivity index (χ1) is 13.1. The van der Waals surface area contributed by atoms with Crippen LogP contribution >= 0.6 is 0 Å². The number of amides is 1. The number of para-hydroxylation sites is 1. The average Bonchev–Trinajstić information content (AvgIpc) is 3.16. The Balaban J connectivity index is 1.64.